The van der Waals surface area contributed by atoms with Gasteiger partial charge >= 0.3 is 0 Å². The lowest BCUT2D eigenvalue weighted by molar-refractivity contribution is 0.0324. The SMILES string of the molecule is C=C1/C(=C\C=C2/CCC[C@]3(C)[C@@H]([C@H](C)/C=C/[C@H](CCCC)C(C)(C)O)CC[C@@H]23)C[C@@H](O)C[C@@H]1O. The second-order valence-corrected chi connectivity index (χ2v) is 12.3. The van der Waals surface area contributed by atoms with E-state index in [2.05, 4.69) is 51.7 Å². The molecule has 3 aliphatic rings. The van der Waals surface area contributed by atoms with Gasteiger partial charge in [0.05, 0.1) is 17.8 Å². The molecule has 3 rings (SSSR count). The van der Waals surface area contributed by atoms with Crippen LogP contribution in [0.5, 0.6) is 0 Å². The lowest BCUT2D eigenvalue weighted by Gasteiger charge is -2.44. The van der Waals surface area contributed by atoms with Gasteiger partial charge in [0, 0.05) is 12.3 Å². The molecule has 0 amide bonds. The van der Waals surface area contributed by atoms with Gasteiger partial charge in [0.2, 0.25) is 0 Å². The molecule has 0 aromatic carbocycles. The number of allylic oxidation sites excluding steroid dienone is 4. The van der Waals surface area contributed by atoms with Gasteiger partial charge in [0.15, 0.2) is 0 Å². The summed E-state index contributed by atoms with van der Waals surface area (Å²) in [5, 5.41) is 31.0. The van der Waals surface area contributed by atoms with Crippen LogP contribution in [0.3, 0.4) is 0 Å². The molecule has 0 heterocycles. The fourth-order valence-electron chi connectivity index (χ4n) is 7.16. The topological polar surface area (TPSA) is 60.7 Å². The molecule has 3 heteroatoms. The van der Waals surface area contributed by atoms with Crippen molar-refractivity contribution in [2.24, 2.45) is 29.1 Å². The molecular formula is C31H50O3. The van der Waals surface area contributed by atoms with Crippen molar-refractivity contribution in [3.05, 3.63) is 47.6 Å². The zero-order chi connectivity index (χ0) is 25.1. The Morgan fingerprint density at radius 2 is 1.91 bits per heavy atom. The van der Waals surface area contributed by atoms with Crippen LogP contribution in [0, 0.1) is 29.1 Å². The van der Waals surface area contributed by atoms with Crippen LogP contribution < -0.4 is 0 Å². The Kier molecular flexibility index (Phi) is 9.09. The van der Waals surface area contributed by atoms with E-state index in [0.717, 1.165) is 36.8 Å². The second-order valence-electron chi connectivity index (χ2n) is 12.3. The maximum absolute atomic E-state index is 10.7. The summed E-state index contributed by atoms with van der Waals surface area (Å²) < 4.78 is 0. The predicted octanol–water partition coefficient (Wildman–Crippen LogP) is 6.90. The van der Waals surface area contributed by atoms with Crippen molar-refractivity contribution in [3.63, 3.8) is 0 Å². The van der Waals surface area contributed by atoms with Crippen LogP contribution in [0.15, 0.2) is 47.6 Å². The van der Waals surface area contributed by atoms with Crippen molar-refractivity contribution in [3.8, 4) is 0 Å². The number of hydrogen-bond acceptors (Lipinski definition) is 3. The molecule has 0 unspecified atom stereocenters. The molecule has 34 heavy (non-hydrogen) atoms. The van der Waals surface area contributed by atoms with E-state index in [0.29, 0.717) is 36.0 Å². The number of fused-ring (bicyclic) bond motifs is 1. The largest absolute Gasteiger partial charge is 0.393 e. The highest BCUT2D eigenvalue weighted by molar-refractivity contribution is 5.38. The van der Waals surface area contributed by atoms with Gasteiger partial charge in [0.25, 0.3) is 0 Å². The molecule has 0 bridgehead atoms. The maximum Gasteiger partial charge on any atom is 0.0811 e. The molecule has 0 aliphatic heterocycles. The molecule has 3 aliphatic carbocycles. The number of hydrogen-bond donors (Lipinski definition) is 3. The summed E-state index contributed by atoms with van der Waals surface area (Å²) in [6.07, 6.45) is 18.5. The minimum Gasteiger partial charge on any atom is -0.393 e. The Bertz CT molecular complexity index is 798. The second kappa shape index (κ2) is 11.3. The van der Waals surface area contributed by atoms with Gasteiger partial charge in [-0.25, -0.2) is 0 Å². The Morgan fingerprint density at radius 3 is 2.59 bits per heavy atom. The van der Waals surface area contributed by atoms with Crippen LogP contribution in [0.4, 0.5) is 0 Å². The van der Waals surface area contributed by atoms with Crippen molar-refractivity contribution in [2.45, 2.75) is 117 Å². The lowest BCUT2D eigenvalue weighted by atomic mass is 9.61. The van der Waals surface area contributed by atoms with Gasteiger partial charge in [-0.15, -0.1) is 0 Å². The highest BCUT2D eigenvalue weighted by Gasteiger charge is 2.50. The van der Waals surface area contributed by atoms with E-state index in [4.69, 9.17) is 0 Å². The molecule has 0 aromatic heterocycles. The zero-order valence-corrected chi connectivity index (χ0v) is 22.4. The number of unbranched alkanes of at least 4 members (excludes halogenated alkanes) is 1. The summed E-state index contributed by atoms with van der Waals surface area (Å²) in [7, 11) is 0. The summed E-state index contributed by atoms with van der Waals surface area (Å²) in [6, 6.07) is 0. The third kappa shape index (κ3) is 6.15. The molecular weight excluding hydrogens is 420 g/mol. The fourth-order valence-corrected chi connectivity index (χ4v) is 7.16. The number of aliphatic hydroxyl groups excluding tert-OH is 2. The monoisotopic (exact) mass is 470 g/mol. The minimum absolute atomic E-state index is 0.211. The Morgan fingerprint density at radius 1 is 1.18 bits per heavy atom. The van der Waals surface area contributed by atoms with Gasteiger partial charge in [-0.3, -0.25) is 0 Å². The maximum atomic E-state index is 10.7. The molecule has 0 saturated heterocycles. The predicted molar refractivity (Wildman–Crippen MR) is 142 cm³/mol. The van der Waals surface area contributed by atoms with Crippen molar-refractivity contribution >= 4 is 0 Å². The smallest absolute Gasteiger partial charge is 0.0811 e. The first-order valence-corrected chi connectivity index (χ1v) is 13.8. The molecule has 0 aromatic rings. The quantitative estimate of drug-likeness (QED) is 0.338. The standard InChI is InChI=1S/C31H50O3/c1-7-8-11-25(30(4,5)34)15-12-21(2)27-16-17-28-23(10-9-18-31(27,28)6)13-14-24-19-26(32)20-29(33)22(24)3/h12-15,21,25-29,32-34H,3,7-11,16-20H2,1-2,4-6H3/b15-12+,23-13+,24-14-/t21-,25+,26-,27-,28+,29+,31-/m1/s1. The van der Waals surface area contributed by atoms with E-state index in [-0.39, 0.29) is 5.92 Å². The van der Waals surface area contributed by atoms with E-state index >= 15 is 0 Å². The van der Waals surface area contributed by atoms with E-state index in [9.17, 15) is 15.3 Å². The molecule has 192 valence electrons. The molecule has 0 radical (unpaired) electrons. The Hall–Kier alpha value is -1.16. The molecule has 3 fully saturated rings. The number of aliphatic hydroxyl groups is 3. The van der Waals surface area contributed by atoms with Crippen LogP contribution in [-0.4, -0.2) is 33.1 Å². The third-order valence-electron chi connectivity index (χ3n) is 9.36. The summed E-state index contributed by atoms with van der Waals surface area (Å²) >= 11 is 0. The average Bonchev–Trinajstić information content (AvgIpc) is 3.11. The van der Waals surface area contributed by atoms with Gasteiger partial charge in [-0.1, -0.05) is 70.1 Å². The zero-order valence-electron chi connectivity index (χ0n) is 22.4. The average molecular weight is 471 g/mol. The first-order valence-electron chi connectivity index (χ1n) is 13.8. The van der Waals surface area contributed by atoms with Crippen molar-refractivity contribution in [1.82, 2.24) is 0 Å². The highest BCUT2D eigenvalue weighted by atomic mass is 16.3. The Balaban J connectivity index is 1.75. The molecule has 0 spiro atoms. The van der Waals surface area contributed by atoms with Crippen molar-refractivity contribution in [1.29, 1.82) is 0 Å². The first kappa shape index (κ1) is 27.4. The van der Waals surface area contributed by atoms with Gasteiger partial charge in [0.1, 0.15) is 0 Å². The molecule has 7 atom stereocenters. The summed E-state index contributed by atoms with van der Waals surface area (Å²) in [6.45, 7) is 15.1. The van der Waals surface area contributed by atoms with E-state index in [1.807, 2.05) is 13.8 Å². The Labute approximate surface area is 208 Å². The van der Waals surface area contributed by atoms with Crippen LogP contribution in [0.25, 0.3) is 0 Å². The highest BCUT2D eigenvalue weighted by Crippen LogP contribution is 2.59. The van der Waals surface area contributed by atoms with E-state index in [1.165, 1.54) is 25.7 Å². The van der Waals surface area contributed by atoms with Gasteiger partial charge in [-0.05, 0) is 93.1 Å². The van der Waals surface area contributed by atoms with Crippen LogP contribution >= 0.6 is 0 Å². The van der Waals surface area contributed by atoms with Gasteiger partial charge in [-0.2, -0.15) is 0 Å². The van der Waals surface area contributed by atoms with Crippen molar-refractivity contribution in [2.75, 3.05) is 0 Å². The molecule has 3 saturated carbocycles. The van der Waals surface area contributed by atoms with Crippen molar-refractivity contribution < 1.29 is 15.3 Å². The number of rotatable bonds is 8. The summed E-state index contributed by atoms with van der Waals surface area (Å²) in [5.41, 5.74) is 2.95. The van der Waals surface area contributed by atoms with E-state index < -0.39 is 17.8 Å². The van der Waals surface area contributed by atoms with Crippen LogP contribution in [0.2, 0.25) is 0 Å². The molecule has 3 N–H and O–H groups in total. The van der Waals surface area contributed by atoms with Crippen LogP contribution in [-0.2, 0) is 0 Å². The third-order valence-corrected chi connectivity index (χ3v) is 9.36. The molecule has 3 nitrogen and oxygen atoms in total. The minimum atomic E-state index is -0.675. The summed E-state index contributed by atoms with van der Waals surface area (Å²) in [4.78, 5) is 0. The van der Waals surface area contributed by atoms with Gasteiger partial charge < -0.3 is 15.3 Å². The lowest BCUT2D eigenvalue weighted by Crippen LogP contribution is -2.35. The fraction of sp³-hybridized carbons (Fsp3) is 0.742. The summed E-state index contributed by atoms with van der Waals surface area (Å²) in [5.74, 6) is 1.98. The first-order chi connectivity index (χ1) is 16.0. The normalized spacial score (nSPS) is 36.9. The van der Waals surface area contributed by atoms with E-state index in [1.54, 1.807) is 5.57 Å². The van der Waals surface area contributed by atoms with Crippen LogP contribution in [0.1, 0.15) is 98.8 Å².